The fourth-order valence-corrected chi connectivity index (χ4v) is 4.94. The van der Waals surface area contributed by atoms with E-state index in [1.165, 1.54) is 24.5 Å². The zero-order valence-corrected chi connectivity index (χ0v) is 18.1. The van der Waals surface area contributed by atoms with Crippen LogP contribution >= 0.6 is 0 Å². The third-order valence-corrected chi connectivity index (χ3v) is 7.07. The SMILES string of the molecule is BOC(=O)C(CCCC)C1CCN(S(=O)(=O)NCc2ccc(C(F)(F)F)cc2)CC1. The Labute approximate surface area is 176 Å². The van der Waals surface area contributed by atoms with Crippen molar-refractivity contribution < 1.29 is 31.0 Å². The number of nitrogens with zero attached hydrogens (tertiary/aromatic N) is 1. The van der Waals surface area contributed by atoms with E-state index in [9.17, 15) is 26.4 Å². The van der Waals surface area contributed by atoms with Crippen molar-refractivity contribution in [3.8, 4) is 0 Å². The Bertz CT molecular complexity index is 795. The first-order valence-electron chi connectivity index (χ1n) is 10.1. The van der Waals surface area contributed by atoms with Gasteiger partial charge in [0.05, 0.1) is 11.5 Å². The number of carbonyl (C=O) groups is 1. The van der Waals surface area contributed by atoms with E-state index >= 15 is 0 Å². The van der Waals surface area contributed by atoms with Crippen LogP contribution in [0.3, 0.4) is 0 Å². The molecule has 1 N–H and O–H groups in total. The van der Waals surface area contributed by atoms with Crippen molar-refractivity contribution in [2.24, 2.45) is 11.8 Å². The highest BCUT2D eigenvalue weighted by Gasteiger charge is 2.35. The Morgan fingerprint density at radius 2 is 1.87 bits per heavy atom. The molecule has 1 atom stereocenters. The van der Waals surface area contributed by atoms with Crippen molar-refractivity contribution in [2.75, 3.05) is 13.1 Å². The van der Waals surface area contributed by atoms with Crippen LogP contribution in [0.2, 0.25) is 0 Å². The molecule has 1 unspecified atom stereocenters. The molecule has 6 nitrogen and oxygen atoms in total. The van der Waals surface area contributed by atoms with Crippen molar-refractivity contribution in [1.82, 2.24) is 9.03 Å². The number of carbonyl (C=O) groups excluding carboxylic acids is 1. The van der Waals surface area contributed by atoms with Gasteiger partial charge in [-0.1, -0.05) is 31.9 Å². The first-order chi connectivity index (χ1) is 14.1. The predicted octanol–water partition coefficient (Wildman–Crippen LogP) is 2.65. The van der Waals surface area contributed by atoms with Crippen molar-refractivity contribution >= 4 is 24.2 Å². The quantitative estimate of drug-likeness (QED) is 0.590. The van der Waals surface area contributed by atoms with Crippen LogP contribution in [-0.2, 0) is 32.4 Å². The number of hydrogen-bond donors (Lipinski definition) is 1. The van der Waals surface area contributed by atoms with Gasteiger partial charge in [-0.3, -0.25) is 4.79 Å². The summed E-state index contributed by atoms with van der Waals surface area (Å²) in [6.45, 7) is 2.52. The monoisotopic (exact) mass is 448 g/mol. The maximum Gasteiger partial charge on any atom is 0.416 e. The lowest BCUT2D eigenvalue weighted by molar-refractivity contribution is -0.141. The van der Waals surface area contributed by atoms with E-state index < -0.39 is 21.9 Å². The second-order valence-corrected chi connectivity index (χ2v) is 9.28. The van der Waals surface area contributed by atoms with E-state index in [1.54, 1.807) is 0 Å². The van der Waals surface area contributed by atoms with Crippen molar-refractivity contribution in [2.45, 2.75) is 51.7 Å². The van der Waals surface area contributed by atoms with Crippen LogP contribution in [0.5, 0.6) is 0 Å². The maximum atomic E-state index is 12.6. The highest BCUT2D eigenvalue weighted by molar-refractivity contribution is 7.87. The van der Waals surface area contributed by atoms with E-state index in [0.717, 1.165) is 31.4 Å². The Kier molecular flexibility index (Phi) is 8.75. The lowest BCUT2D eigenvalue weighted by Gasteiger charge is -2.34. The van der Waals surface area contributed by atoms with E-state index in [0.29, 0.717) is 18.4 Å². The molecule has 2 rings (SSSR count). The fourth-order valence-electron chi connectivity index (χ4n) is 3.72. The first kappa shape index (κ1) is 24.7. The summed E-state index contributed by atoms with van der Waals surface area (Å²) in [6.07, 6.45) is -0.703. The minimum atomic E-state index is -4.43. The molecule has 30 heavy (non-hydrogen) atoms. The zero-order valence-electron chi connectivity index (χ0n) is 17.2. The van der Waals surface area contributed by atoms with E-state index in [2.05, 4.69) is 4.72 Å². The number of nitrogens with one attached hydrogen (secondary N) is 1. The smallest absolute Gasteiger partial charge is 0.416 e. The summed E-state index contributed by atoms with van der Waals surface area (Å²) in [5.41, 5.74) is -0.341. The number of halogens is 3. The number of rotatable bonds is 9. The summed E-state index contributed by atoms with van der Waals surface area (Å²) in [4.78, 5) is 12.1. The number of piperidine rings is 1. The largest absolute Gasteiger partial charge is 0.543 e. The number of unbranched alkanes of at least 4 members (excludes halogenated alkanes) is 1. The highest BCUT2D eigenvalue weighted by Crippen LogP contribution is 2.31. The normalized spacial score (nSPS) is 17.6. The molecule has 0 saturated carbocycles. The lowest BCUT2D eigenvalue weighted by atomic mass is 9.82. The molecule has 0 spiro atoms. The number of benzene rings is 1. The molecule has 0 aromatic heterocycles. The van der Waals surface area contributed by atoms with Gasteiger partial charge in [-0.05, 0) is 42.9 Å². The summed E-state index contributed by atoms with van der Waals surface area (Å²) in [7, 11) is -2.40. The van der Waals surface area contributed by atoms with Crippen LogP contribution < -0.4 is 4.72 Å². The second-order valence-electron chi connectivity index (χ2n) is 7.53. The van der Waals surface area contributed by atoms with E-state index in [4.69, 9.17) is 4.65 Å². The van der Waals surface area contributed by atoms with Crippen LogP contribution in [-0.4, -0.2) is 39.8 Å². The predicted molar refractivity (Wildman–Crippen MR) is 109 cm³/mol. The van der Waals surface area contributed by atoms with Gasteiger partial charge in [0.2, 0.25) is 0 Å². The van der Waals surface area contributed by atoms with Crippen LogP contribution in [0.4, 0.5) is 13.2 Å². The third kappa shape index (κ3) is 6.71. The van der Waals surface area contributed by atoms with Crippen molar-refractivity contribution in [3.63, 3.8) is 0 Å². The summed E-state index contributed by atoms with van der Waals surface area (Å²) in [5, 5.41) is 0. The van der Waals surface area contributed by atoms with Crippen molar-refractivity contribution in [3.05, 3.63) is 35.4 Å². The number of hydrogen-bond acceptors (Lipinski definition) is 4. The summed E-state index contributed by atoms with van der Waals surface area (Å²) >= 11 is 0. The van der Waals surface area contributed by atoms with Crippen LogP contribution in [0.25, 0.3) is 0 Å². The molecule has 1 aromatic rings. The molecule has 1 heterocycles. The topological polar surface area (TPSA) is 75.7 Å². The van der Waals surface area contributed by atoms with E-state index in [1.807, 2.05) is 6.92 Å². The van der Waals surface area contributed by atoms with Gasteiger partial charge in [0.15, 0.2) is 0 Å². The average Bonchev–Trinajstić information content (AvgIpc) is 2.72. The minimum absolute atomic E-state index is 0.0744. The van der Waals surface area contributed by atoms with Gasteiger partial charge in [-0.25, -0.2) is 0 Å². The van der Waals surface area contributed by atoms with Gasteiger partial charge in [0.1, 0.15) is 0 Å². The van der Waals surface area contributed by atoms with Gasteiger partial charge < -0.3 is 4.65 Å². The molecule has 1 aliphatic rings. The molecule has 168 valence electrons. The van der Waals surface area contributed by atoms with Crippen LogP contribution in [0.15, 0.2) is 24.3 Å². The molecule has 0 aliphatic carbocycles. The molecular weight excluding hydrogens is 420 g/mol. The van der Waals surface area contributed by atoms with Gasteiger partial charge in [-0.2, -0.15) is 30.6 Å². The summed E-state index contributed by atoms with van der Waals surface area (Å²) in [5.74, 6) is -0.393. The molecule has 1 aromatic carbocycles. The molecular formula is C19H28BF3N2O4S. The van der Waals surface area contributed by atoms with Gasteiger partial charge >= 0.3 is 14.2 Å². The molecule has 0 radical (unpaired) electrons. The summed E-state index contributed by atoms with van der Waals surface area (Å²) < 4.78 is 71.7. The standard InChI is InChI=1S/C19H28BF3N2O4S/c1-2-3-4-17(18(26)29-20)15-9-11-25(12-10-15)30(27,28)24-13-14-5-7-16(8-6-14)19(21,22)23/h5-8,15,17,24H,2-4,9-13,20H2,1H3. The Balaban J connectivity index is 1.91. The zero-order chi connectivity index (χ0) is 22.4. The van der Waals surface area contributed by atoms with Crippen LogP contribution in [0.1, 0.15) is 50.2 Å². The van der Waals surface area contributed by atoms with E-state index in [-0.39, 0.29) is 37.4 Å². The average molecular weight is 448 g/mol. The molecule has 0 amide bonds. The van der Waals surface area contributed by atoms with Gasteiger partial charge in [0, 0.05) is 19.6 Å². The molecule has 0 bridgehead atoms. The fraction of sp³-hybridized carbons (Fsp3) is 0.632. The molecule has 11 heteroatoms. The van der Waals surface area contributed by atoms with Gasteiger partial charge in [-0.15, -0.1) is 0 Å². The summed E-state index contributed by atoms with van der Waals surface area (Å²) in [6, 6.07) is 4.37. The Morgan fingerprint density at radius 1 is 1.27 bits per heavy atom. The number of alkyl halides is 3. The maximum absolute atomic E-state index is 12.6. The molecule has 1 aliphatic heterocycles. The first-order valence-corrected chi connectivity index (χ1v) is 11.5. The van der Waals surface area contributed by atoms with Gasteiger partial charge in [0.25, 0.3) is 16.2 Å². The third-order valence-electron chi connectivity index (χ3n) is 5.52. The molecule has 1 saturated heterocycles. The Morgan fingerprint density at radius 3 is 2.37 bits per heavy atom. The second kappa shape index (κ2) is 10.6. The van der Waals surface area contributed by atoms with Crippen molar-refractivity contribution in [1.29, 1.82) is 0 Å². The minimum Gasteiger partial charge on any atom is -0.543 e. The highest BCUT2D eigenvalue weighted by atomic mass is 32.2. The Hall–Kier alpha value is -1.59. The van der Waals surface area contributed by atoms with Crippen LogP contribution in [0, 0.1) is 11.8 Å². The lowest BCUT2D eigenvalue weighted by Crippen LogP contribution is -2.46. The molecule has 1 fully saturated rings.